The molecule has 1 aliphatic carbocycles. The molecule has 3 heterocycles. The van der Waals surface area contributed by atoms with Crippen LogP contribution in [0.3, 0.4) is 0 Å². The van der Waals surface area contributed by atoms with E-state index in [9.17, 15) is 0 Å². The summed E-state index contributed by atoms with van der Waals surface area (Å²) in [7, 11) is 0. The highest BCUT2D eigenvalue weighted by molar-refractivity contribution is 6.28. The van der Waals surface area contributed by atoms with Crippen molar-refractivity contribution in [2.45, 2.75) is 0 Å². The highest BCUT2D eigenvalue weighted by Gasteiger charge is 2.26. The SMILES string of the molecule is c1ccc(-c2nc3ccccc3nc2-c2ccc3c(c2)c2c4cccc5c4c(cc2n3-c2ccccc2)-c2ccccc2-c2cnccc2-5)cc1. The van der Waals surface area contributed by atoms with Gasteiger partial charge >= 0.3 is 0 Å². The van der Waals surface area contributed by atoms with E-state index in [1.54, 1.807) is 0 Å². The van der Waals surface area contributed by atoms with Gasteiger partial charge in [-0.1, -0.05) is 109 Å². The van der Waals surface area contributed by atoms with Crippen molar-refractivity contribution in [3.05, 3.63) is 170 Å². The third-order valence-electron chi connectivity index (χ3n) is 10.4. The number of fused-ring (bicyclic) bond motifs is 10. The Labute approximate surface area is 294 Å². The number of para-hydroxylation sites is 3. The summed E-state index contributed by atoms with van der Waals surface area (Å²) in [5.74, 6) is 0. The van der Waals surface area contributed by atoms with Gasteiger partial charge in [0.25, 0.3) is 0 Å². The standard InChI is InChI=1S/C47H28N4/c1-3-12-29(13-4-1)46-47(50-41-21-10-9-20-40(41)49-46)30-22-23-42-38(26-30)45-36-19-11-18-35-34-24-25-48-28-39(34)33-17-8-7-16-32(33)37(44(35)36)27-43(45)51(42)31-14-5-2-6-15-31/h1-28H. The molecule has 10 aromatic rings. The van der Waals surface area contributed by atoms with E-state index in [2.05, 4.69) is 137 Å². The van der Waals surface area contributed by atoms with E-state index in [1.807, 2.05) is 42.7 Å². The van der Waals surface area contributed by atoms with Crippen molar-refractivity contribution in [3.63, 3.8) is 0 Å². The Hall–Kier alpha value is -6.91. The largest absolute Gasteiger partial charge is 0.309 e. The van der Waals surface area contributed by atoms with Gasteiger partial charge in [-0.15, -0.1) is 0 Å². The fourth-order valence-corrected chi connectivity index (χ4v) is 8.23. The molecule has 236 valence electrons. The normalized spacial score (nSPS) is 11.9. The van der Waals surface area contributed by atoms with Crippen LogP contribution in [0.25, 0.3) is 105 Å². The van der Waals surface area contributed by atoms with Crippen LogP contribution in [0.5, 0.6) is 0 Å². The average molecular weight is 649 g/mol. The molecule has 1 aliphatic rings. The van der Waals surface area contributed by atoms with Gasteiger partial charge in [-0.05, 0) is 87.1 Å². The lowest BCUT2D eigenvalue weighted by Gasteiger charge is -2.14. The minimum Gasteiger partial charge on any atom is -0.309 e. The zero-order valence-electron chi connectivity index (χ0n) is 27.5. The zero-order valence-corrected chi connectivity index (χ0v) is 27.5. The van der Waals surface area contributed by atoms with E-state index in [-0.39, 0.29) is 0 Å². The second-order valence-electron chi connectivity index (χ2n) is 13.2. The van der Waals surface area contributed by atoms with Gasteiger partial charge in [-0.3, -0.25) is 4.98 Å². The Morgan fingerprint density at radius 1 is 0.392 bits per heavy atom. The Morgan fingerprint density at radius 3 is 1.82 bits per heavy atom. The predicted molar refractivity (Wildman–Crippen MR) is 210 cm³/mol. The van der Waals surface area contributed by atoms with Gasteiger partial charge in [0, 0.05) is 45.5 Å². The minimum atomic E-state index is 0.872. The summed E-state index contributed by atoms with van der Waals surface area (Å²) in [6.45, 7) is 0. The molecule has 11 rings (SSSR count). The Kier molecular flexibility index (Phi) is 5.92. The Bertz CT molecular complexity index is 3020. The number of hydrogen-bond donors (Lipinski definition) is 0. The van der Waals surface area contributed by atoms with Gasteiger partial charge in [0.2, 0.25) is 0 Å². The Morgan fingerprint density at radius 2 is 1.04 bits per heavy atom. The summed E-state index contributed by atoms with van der Waals surface area (Å²) < 4.78 is 2.42. The third kappa shape index (κ3) is 4.11. The maximum Gasteiger partial charge on any atom is 0.0973 e. The van der Waals surface area contributed by atoms with Crippen molar-refractivity contribution in [3.8, 4) is 61.6 Å². The molecule has 7 aromatic carbocycles. The molecule has 4 heteroatoms. The number of aromatic nitrogens is 4. The second kappa shape index (κ2) is 10.8. The van der Waals surface area contributed by atoms with Crippen LogP contribution in [0.4, 0.5) is 0 Å². The molecular weight excluding hydrogens is 621 g/mol. The first-order valence-corrected chi connectivity index (χ1v) is 17.3. The van der Waals surface area contributed by atoms with Gasteiger partial charge in [0.1, 0.15) is 0 Å². The number of hydrogen-bond acceptors (Lipinski definition) is 3. The van der Waals surface area contributed by atoms with Crippen LogP contribution in [-0.2, 0) is 0 Å². The molecule has 0 N–H and O–H groups in total. The predicted octanol–water partition coefficient (Wildman–Crippen LogP) is 11.9. The molecule has 0 fully saturated rings. The first-order valence-electron chi connectivity index (χ1n) is 17.3. The van der Waals surface area contributed by atoms with Crippen LogP contribution >= 0.6 is 0 Å². The number of pyridine rings is 1. The molecule has 0 unspecified atom stereocenters. The van der Waals surface area contributed by atoms with Crippen LogP contribution in [0.1, 0.15) is 0 Å². The van der Waals surface area contributed by atoms with Crippen LogP contribution in [0.2, 0.25) is 0 Å². The molecule has 4 nitrogen and oxygen atoms in total. The quantitative estimate of drug-likeness (QED) is 0.191. The number of rotatable bonds is 3. The van der Waals surface area contributed by atoms with Crippen LogP contribution in [0.15, 0.2) is 170 Å². The van der Waals surface area contributed by atoms with E-state index in [4.69, 9.17) is 9.97 Å². The summed E-state index contributed by atoms with van der Waals surface area (Å²) in [6.07, 6.45) is 3.92. The van der Waals surface area contributed by atoms with Crippen LogP contribution < -0.4 is 0 Å². The topological polar surface area (TPSA) is 43.6 Å². The molecule has 0 saturated heterocycles. The number of benzene rings is 7. The van der Waals surface area contributed by atoms with E-state index >= 15 is 0 Å². The van der Waals surface area contributed by atoms with E-state index in [1.165, 1.54) is 54.9 Å². The summed E-state index contributed by atoms with van der Waals surface area (Å²) in [5.41, 5.74) is 16.3. The van der Waals surface area contributed by atoms with Gasteiger partial charge in [-0.25, -0.2) is 9.97 Å². The molecule has 0 spiro atoms. The van der Waals surface area contributed by atoms with Crippen molar-refractivity contribution < 1.29 is 0 Å². The van der Waals surface area contributed by atoms with E-state index < -0.39 is 0 Å². The lowest BCUT2D eigenvalue weighted by atomic mass is 9.91. The molecule has 0 amide bonds. The highest BCUT2D eigenvalue weighted by atomic mass is 15.0. The van der Waals surface area contributed by atoms with Gasteiger partial charge in [-0.2, -0.15) is 0 Å². The first kappa shape index (κ1) is 28.0. The highest BCUT2D eigenvalue weighted by Crippen LogP contribution is 2.51. The first-order chi connectivity index (χ1) is 25.3. The van der Waals surface area contributed by atoms with E-state index in [0.29, 0.717) is 0 Å². The summed E-state index contributed by atoms with van der Waals surface area (Å²) in [6, 6.07) is 56.1. The lowest BCUT2D eigenvalue weighted by Crippen LogP contribution is -1.96. The smallest absolute Gasteiger partial charge is 0.0973 e. The molecule has 51 heavy (non-hydrogen) atoms. The molecule has 0 radical (unpaired) electrons. The van der Waals surface area contributed by atoms with Gasteiger partial charge in [0.05, 0.1) is 33.5 Å². The van der Waals surface area contributed by atoms with Gasteiger partial charge in [0.15, 0.2) is 0 Å². The maximum absolute atomic E-state index is 5.27. The molecule has 0 bridgehead atoms. The van der Waals surface area contributed by atoms with Gasteiger partial charge < -0.3 is 4.57 Å². The number of nitrogens with zero attached hydrogens (tertiary/aromatic N) is 4. The van der Waals surface area contributed by atoms with Crippen LogP contribution in [0, 0.1) is 0 Å². The molecule has 0 saturated carbocycles. The monoisotopic (exact) mass is 648 g/mol. The lowest BCUT2D eigenvalue weighted by molar-refractivity contribution is 1.18. The van der Waals surface area contributed by atoms with Crippen molar-refractivity contribution in [2.75, 3.05) is 0 Å². The summed E-state index contributed by atoms with van der Waals surface area (Å²) >= 11 is 0. The molecule has 3 aromatic heterocycles. The summed E-state index contributed by atoms with van der Waals surface area (Å²) in [4.78, 5) is 15.0. The molecule has 0 atom stereocenters. The van der Waals surface area contributed by atoms with Crippen molar-refractivity contribution >= 4 is 43.6 Å². The van der Waals surface area contributed by atoms with Crippen molar-refractivity contribution in [2.24, 2.45) is 0 Å². The van der Waals surface area contributed by atoms with Crippen molar-refractivity contribution in [1.82, 2.24) is 19.5 Å². The van der Waals surface area contributed by atoms with E-state index in [0.717, 1.165) is 50.3 Å². The fraction of sp³-hybridized carbons (Fsp3) is 0. The Balaban J connectivity index is 1.30. The summed E-state index contributed by atoms with van der Waals surface area (Å²) in [5, 5.41) is 4.89. The van der Waals surface area contributed by atoms with Crippen LogP contribution in [-0.4, -0.2) is 19.5 Å². The maximum atomic E-state index is 5.27. The minimum absolute atomic E-state index is 0.872. The third-order valence-corrected chi connectivity index (χ3v) is 10.4. The molecule has 0 aliphatic heterocycles. The van der Waals surface area contributed by atoms with Crippen molar-refractivity contribution in [1.29, 1.82) is 0 Å². The fourth-order valence-electron chi connectivity index (χ4n) is 8.23. The second-order valence-corrected chi connectivity index (χ2v) is 13.2. The average Bonchev–Trinajstić information content (AvgIpc) is 3.48. The molecular formula is C47H28N4. The zero-order chi connectivity index (χ0) is 33.5.